The minimum absolute atomic E-state index is 0.0330. The maximum Gasteiger partial charge on any atom is 0.126 e. The van der Waals surface area contributed by atoms with Gasteiger partial charge in [-0.15, -0.1) is 0 Å². The van der Waals surface area contributed by atoms with E-state index in [-0.39, 0.29) is 6.04 Å². The van der Waals surface area contributed by atoms with E-state index in [0.29, 0.717) is 0 Å². The predicted octanol–water partition coefficient (Wildman–Crippen LogP) is 2.71. The normalized spacial score (nSPS) is 12.1. The smallest absolute Gasteiger partial charge is 0.126 e. The minimum Gasteiger partial charge on any atom is -0.366 e. The number of nitrogens with one attached hydrogen (secondary N) is 1. The highest BCUT2D eigenvalue weighted by Crippen LogP contribution is 2.11. The zero-order valence-electron chi connectivity index (χ0n) is 9.93. The number of benzene rings is 1. The summed E-state index contributed by atoms with van der Waals surface area (Å²) in [6, 6.07) is 14.2. The summed E-state index contributed by atoms with van der Waals surface area (Å²) in [7, 11) is 0. The average Bonchev–Trinajstić information content (AvgIpc) is 2.38. The Morgan fingerprint density at radius 2 is 1.94 bits per heavy atom. The van der Waals surface area contributed by atoms with Gasteiger partial charge in [-0.2, -0.15) is 0 Å². The SMILES string of the molecule is C[C@@H](N)c1ccc(NCc2ccccc2)nc1. The van der Waals surface area contributed by atoms with Gasteiger partial charge in [0.05, 0.1) is 0 Å². The second-order valence-electron chi connectivity index (χ2n) is 4.10. The molecule has 1 aromatic heterocycles. The summed E-state index contributed by atoms with van der Waals surface area (Å²) in [5, 5.41) is 3.28. The van der Waals surface area contributed by atoms with Crippen LogP contribution in [0.3, 0.4) is 0 Å². The van der Waals surface area contributed by atoms with Crippen LogP contribution in [-0.2, 0) is 6.54 Å². The van der Waals surface area contributed by atoms with E-state index in [0.717, 1.165) is 17.9 Å². The molecule has 0 unspecified atom stereocenters. The fourth-order valence-electron chi connectivity index (χ4n) is 1.57. The van der Waals surface area contributed by atoms with Gasteiger partial charge in [0.1, 0.15) is 5.82 Å². The van der Waals surface area contributed by atoms with Crippen LogP contribution < -0.4 is 11.1 Å². The Labute approximate surface area is 102 Å². The van der Waals surface area contributed by atoms with E-state index in [1.54, 1.807) is 0 Å². The van der Waals surface area contributed by atoms with Crippen molar-refractivity contribution in [3.63, 3.8) is 0 Å². The van der Waals surface area contributed by atoms with Gasteiger partial charge >= 0.3 is 0 Å². The third-order valence-corrected chi connectivity index (χ3v) is 2.63. The molecule has 1 heterocycles. The number of nitrogens with two attached hydrogens (primary N) is 1. The van der Waals surface area contributed by atoms with Crippen molar-refractivity contribution in [2.75, 3.05) is 5.32 Å². The molecule has 0 fully saturated rings. The lowest BCUT2D eigenvalue weighted by atomic mass is 10.1. The molecule has 0 bridgehead atoms. The number of pyridine rings is 1. The van der Waals surface area contributed by atoms with Gasteiger partial charge in [0, 0.05) is 18.8 Å². The maximum atomic E-state index is 5.77. The van der Waals surface area contributed by atoms with Crippen LogP contribution in [-0.4, -0.2) is 4.98 Å². The summed E-state index contributed by atoms with van der Waals surface area (Å²) >= 11 is 0. The Balaban J connectivity index is 1.96. The van der Waals surface area contributed by atoms with Gasteiger partial charge in [0.25, 0.3) is 0 Å². The van der Waals surface area contributed by atoms with E-state index >= 15 is 0 Å². The Bertz CT molecular complexity index is 449. The molecule has 17 heavy (non-hydrogen) atoms. The van der Waals surface area contributed by atoms with Crippen molar-refractivity contribution in [3.05, 3.63) is 59.8 Å². The maximum absolute atomic E-state index is 5.77. The summed E-state index contributed by atoms with van der Waals surface area (Å²) in [5.74, 6) is 0.873. The third-order valence-electron chi connectivity index (χ3n) is 2.63. The van der Waals surface area contributed by atoms with Crippen molar-refractivity contribution in [3.8, 4) is 0 Å². The summed E-state index contributed by atoms with van der Waals surface area (Å²) < 4.78 is 0. The fourth-order valence-corrected chi connectivity index (χ4v) is 1.57. The predicted molar refractivity (Wildman–Crippen MR) is 70.6 cm³/mol. The number of nitrogens with zero attached hydrogens (tertiary/aromatic N) is 1. The van der Waals surface area contributed by atoms with Gasteiger partial charge in [-0.25, -0.2) is 4.98 Å². The topological polar surface area (TPSA) is 50.9 Å². The summed E-state index contributed by atoms with van der Waals surface area (Å²) in [5.41, 5.74) is 8.06. The molecule has 0 radical (unpaired) electrons. The van der Waals surface area contributed by atoms with Crippen LogP contribution in [0.4, 0.5) is 5.82 Å². The van der Waals surface area contributed by atoms with Crippen molar-refractivity contribution < 1.29 is 0 Å². The van der Waals surface area contributed by atoms with Gasteiger partial charge in [-0.3, -0.25) is 0 Å². The molecule has 0 aliphatic rings. The first-order valence-electron chi connectivity index (χ1n) is 5.75. The Morgan fingerprint density at radius 3 is 2.53 bits per heavy atom. The van der Waals surface area contributed by atoms with Crippen molar-refractivity contribution >= 4 is 5.82 Å². The lowest BCUT2D eigenvalue weighted by Crippen LogP contribution is -2.06. The van der Waals surface area contributed by atoms with Crippen LogP contribution in [0.15, 0.2) is 48.7 Å². The number of rotatable bonds is 4. The standard InChI is InChI=1S/C14H17N3/c1-11(15)13-7-8-14(17-10-13)16-9-12-5-3-2-4-6-12/h2-8,10-11H,9,15H2,1H3,(H,16,17)/t11-/m1/s1. The Hall–Kier alpha value is -1.87. The molecule has 3 nitrogen and oxygen atoms in total. The second-order valence-corrected chi connectivity index (χ2v) is 4.10. The van der Waals surface area contributed by atoms with E-state index < -0.39 is 0 Å². The van der Waals surface area contributed by atoms with Crippen LogP contribution in [0.1, 0.15) is 24.1 Å². The molecule has 0 spiro atoms. The molecule has 2 rings (SSSR count). The summed E-state index contributed by atoms with van der Waals surface area (Å²) in [6.07, 6.45) is 1.82. The van der Waals surface area contributed by atoms with Crippen LogP contribution >= 0.6 is 0 Å². The van der Waals surface area contributed by atoms with Gasteiger partial charge in [-0.05, 0) is 24.1 Å². The monoisotopic (exact) mass is 227 g/mol. The highest BCUT2D eigenvalue weighted by Gasteiger charge is 1.99. The number of aromatic nitrogens is 1. The largest absolute Gasteiger partial charge is 0.366 e. The molecule has 1 atom stereocenters. The molecule has 3 heteroatoms. The van der Waals surface area contributed by atoms with Crippen LogP contribution in [0.25, 0.3) is 0 Å². The first-order valence-corrected chi connectivity index (χ1v) is 5.75. The molecule has 88 valence electrons. The second kappa shape index (κ2) is 5.46. The number of anilines is 1. The van der Waals surface area contributed by atoms with Crippen LogP contribution in [0, 0.1) is 0 Å². The average molecular weight is 227 g/mol. The van der Waals surface area contributed by atoms with Crippen LogP contribution in [0.2, 0.25) is 0 Å². The van der Waals surface area contributed by atoms with Crippen molar-refractivity contribution in [2.45, 2.75) is 19.5 Å². The molecule has 2 aromatic rings. The zero-order chi connectivity index (χ0) is 12.1. The molecule has 1 aromatic carbocycles. The lowest BCUT2D eigenvalue weighted by molar-refractivity contribution is 0.811. The number of hydrogen-bond acceptors (Lipinski definition) is 3. The molecule has 0 saturated carbocycles. The Morgan fingerprint density at radius 1 is 1.18 bits per heavy atom. The fraction of sp³-hybridized carbons (Fsp3) is 0.214. The lowest BCUT2D eigenvalue weighted by Gasteiger charge is -2.08. The first kappa shape index (κ1) is 11.6. The van der Waals surface area contributed by atoms with Crippen molar-refractivity contribution in [2.24, 2.45) is 5.73 Å². The molecule has 0 amide bonds. The minimum atomic E-state index is 0.0330. The van der Waals surface area contributed by atoms with E-state index in [2.05, 4.69) is 22.4 Å². The highest BCUT2D eigenvalue weighted by molar-refractivity contribution is 5.37. The third kappa shape index (κ3) is 3.29. The van der Waals surface area contributed by atoms with E-state index in [1.165, 1.54) is 5.56 Å². The van der Waals surface area contributed by atoms with E-state index in [9.17, 15) is 0 Å². The Kier molecular flexibility index (Phi) is 3.73. The summed E-state index contributed by atoms with van der Waals surface area (Å²) in [6.45, 7) is 2.74. The molecule has 3 N–H and O–H groups in total. The molecular formula is C14H17N3. The number of hydrogen-bond donors (Lipinski definition) is 2. The van der Waals surface area contributed by atoms with Gasteiger partial charge in [-0.1, -0.05) is 36.4 Å². The van der Waals surface area contributed by atoms with Crippen molar-refractivity contribution in [1.29, 1.82) is 0 Å². The van der Waals surface area contributed by atoms with Crippen molar-refractivity contribution in [1.82, 2.24) is 4.98 Å². The van der Waals surface area contributed by atoms with Gasteiger partial charge in [0.15, 0.2) is 0 Å². The quantitative estimate of drug-likeness (QED) is 0.844. The first-order chi connectivity index (χ1) is 8.25. The molecule has 0 aliphatic carbocycles. The van der Waals surface area contributed by atoms with Gasteiger partial charge in [0.2, 0.25) is 0 Å². The van der Waals surface area contributed by atoms with E-state index in [4.69, 9.17) is 5.73 Å². The highest BCUT2D eigenvalue weighted by atomic mass is 15.0. The zero-order valence-corrected chi connectivity index (χ0v) is 9.93. The molecular weight excluding hydrogens is 210 g/mol. The molecule has 0 saturated heterocycles. The van der Waals surface area contributed by atoms with Gasteiger partial charge < -0.3 is 11.1 Å². The summed E-state index contributed by atoms with van der Waals surface area (Å²) in [4.78, 5) is 4.32. The van der Waals surface area contributed by atoms with E-state index in [1.807, 2.05) is 43.5 Å². The van der Waals surface area contributed by atoms with Crippen LogP contribution in [0.5, 0.6) is 0 Å². The molecule has 0 aliphatic heterocycles.